The number of benzene rings is 8. The number of thiophene rings is 1. The molecule has 7 heteroatoms. The summed E-state index contributed by atoms with van der Waals surface area (Å²) in [6, 6.07) is 62.0. The van der Waals surface area contributed by atoms with Gasteiger partial charge in [-0.2, -0.15) is 9.97 Å². The number of fused-ring (bicyclic) bond motifs is 12. The number of rotatable bonds is 4. The molecular formula is C51H29N5OS. The summed E-state index contributed by atoms with van der Waals surface area (Å²) in [5.41, 5.74) is 8.93. The fraction of sp³-hybridized carbons (Fsp3) is 0. The van der Waals surface area contributed by atoms with Gasteiger partial charge in [0.2, 0.25) is 5.95 Å². The summed E-state index contributed by atoms with van der Waals surface area (Å²) >= 11 is 1.79. The van der Waals surface area contributed by atoms with Gasteiger partial charge in [0.05, 0.1) is 22.1 Å². The van der Waals surface area contributed by atoms with Crippen molar-refractivity contribution in [1.29, 1.82) is 0 Å². The third-order valence-corrected chi connectivity index (χ3v) is 12.7. The summed E-state index contributed by atoms with van der Waals surface area (Å²) in [5.74, 6) is 1.74. The summed E-state index contributed by atoms with van der Waals surface area (Å²) in [7, 11) is 0. The Labute approximate surface area is 334 Å². The average Bonchev–Trinajstić information content (AvgIpc) is 4.02. The van der Waals surface area contributed by atoms with E-state index in [2.05, 4.69) is 167 Å². The second kappa shape index (κ2) is 11.9. The summed E-state index contributed by atoms with van der Waals surface area (Å²) in [6.45, 7) is 0. The monoisotopic (exact) mass is 759 g/mol. The lowest BCUT2D eigenvalue weighted by Gasteiger charge is -2.11. The van der Waals surface area contributed by atoms with Gasteiger partial charge < -0.3 is 8.98 Å². The van der Waals surface area contributed by atoms with Gasteiger partial charge in [-0.3, -0.25) is 4.57 Å². The van der Waals surface area contributed by atoms with Crippen molar-refractivity contribution in [3.8, 4) is 34.4 Å². The molecule has 0 aliphatic rings. The third-order valence-electron chi connectivity index (χ3n) is 11.6. The first-order valence-electron chi connectivity index (χ1n) is 19.4. The Bertz CT molecular complexity index is 3680. The zero-order valence-electron chi connectivity index (χ0n) is 30.8. The van der Waals surface area contributed by atoms with Crippen LogP contribution < -0.4 is 0 Å². The first kappa shape index (κ1) is 31.6. The maximum Gasteiger partial charge on any atom is 0.238 e. The number of furan rings is 1. The van der Waals surface area contributed by atoms with Crippen molar-refractivity contribution >= 4 is 97.1 Å². The highest BCUT2D eigenvalue weighted by Crippen LogP contribution is 2.41. The van der Waals surface area contributed by atoms with Gasteiger partial charge in [-0.05, 0) is 66.7 Å². The molecule has 0 N–H and O–H groups in total. The van der Waals surface area contributed by atoms with Crippen LogP contribution in [0.3, 0.4) is 0 Å². The van der Waals surface area contributed by atoms with E-state index in [9.17, 15) is 0 Å². The van der Waals surface area contributed by atoms with E-state index in [1.807, 2.05) is 18.2 Å². The highest BCUT2D eigenvalue weighted by Gasteiger charge is 2.22. The topological polar surface area (TPSA) is 61.7 Å². The van der Waals surface area contributed by atoms with Crippen molar-refractivity contribution in [3.63, 3.8) is 0 Å². The minimum atomic E-state index is 0.554. The third kappa shape index (κ3) is 4.56. The van der Waals surface area contributed by atoms with Crippen LogP contribution in [0.15, 0.2) is 180 Å². The second-order valence-corrected chi connectivity index (χ2v) is 15.9. The molecular weight excluding hydrogens is 731 g/mol. The quantitative estimate of drug-likeness (QED) is 0.179. The van der Waals surface area contributed by atoms with Crippen LogP contribution in [0, 0.1) is 0 Å². The van der Waals surface area contributed by atoms with Crippen molar-refractivity contribution in [3.05, 3.63) is 176 Å². The van der Waals surface area contributed by atoms with Gasteiger partial charge in [0.1, 0.15) is 11.2 Å². The number of nitrogens with zero attached hydrogens (tertiary/aromatic N) is 5. The van der Waals surface area contributed by atoms with Gasteiger partial charge >= 0.3 is 0 Å². The molecule has 58 heavy (non-hydrogen) atoms. The molecule has 0 fully saturated rings. The van der Waals surface area contributed by atoms with Crippen LogP contribution in [0.1, 0.15) is 0 Å². The normalized spacial score (nSPS) is 12.1. The van der Waals surface area contributed by atoms with Gasteiger partial charge in [-0.25, -0.2) is 4.98 Å². The SMILES string of the molecule is c1ccc(-n2c3ccccc3c3cc4c(cc32)c2ccccc2n4-c2nc(-c3ccc4c(c3)oc3ccccc34)nc(-c3ccc4c(c3)sc3ccccc34)n2)cc1. The zero-order chi connectivity index (χ0) is 37.9. The van der Waals surface area contributed by atoms with Crippen LogP contribution >= 0.6 is 11.3 Å². The lowest BCUT2D eigenvalue weighted by molar-refractivity contribution is 0.669. The predicted octanol–water partition coefficient (Wildman–Crippen LogP) is 13.7. The smallest absolute Gasteiger partial charge is 0.238 e. The lowest BCUT2D eigenvalue weighted by atomic mass is 10.1. The van der Waals surface area contributed by atoms with E-state index in [0.717, 1.165) is 77.0 Å². The minimum Gasteiger partial charge on any atom is -0.456 e. The molecule has 0 bridgehead atoms. The van der Waals surface area contributed by atoms with Gasteiger partial charge in [-0.15, -0.1) is 11.3 Å². The van der Waals surface area contributed by atoms with E-state index in [4.69, 9.17) is 19.4 Å². The molecule has 6 nitrogen and oxygen atoms in total. The van der Waals surface area contributed by atoms with Gasteiger partial charge in [0.25, 0.3) is 0 Å². The molecule has 0 spiro atoms. The van der Waals surface area contributed by atoms with E-state index in [0.29, 0.717) is 17.6 Å². The number of aromatic nitrogens is 5. The Morgan fingerprint density at radius 1 is 0.362 bits per heavy atom. The summed E-state index contributed by atoms with van der Waals surface area (Å²) in [4.78, 5) is 15.9. The molecule has 5 heterocycles. The highest BCUT2D eigenvalue weighted by molar-refractivity contribution is 7.25. The van der Waals surface area contributed by atoms with Crippen LogP contribution in [0.5, 0.6) is 0 Å². The van der Waals surface area contributed by atoms with Crippen LogP contribution in [0.25, 0.3) is 120 Å². The molecule has 0 saturated heterocycles. The van der Waals surface area contributed by atoms with Crippen molar-refractivity contribution in [2.75, 3.05) is 0 Å². The molecule has 13 aromatic rings. The van der Waals surface area contributed by atoms with Crippen molar-refractivity contribution < 1.29 is 4.42 Å². The van der Waals surface area contributed by atoms with E-state index in [1.165, 1.54) is 25.6 Å². The van der Waals surface area contributed by atoms with Crippen molar-refractivity contribution in [2.24, 2.45) is 0 Å². The number of para-hydroxylation sites is 4. The number of hydrogen-bond acceptors (Lipinski definition) is 5. The maximum absolute atomic E-state index is 6.36. The van der Waals surface area contributed by atoms with Crippen molar-refractivity contribution in [1.82, 2.24) is 24.1 Å². The number of hydrogen-bond donors (Lipinski definition) is 0. The molecule has 270 valence electrons. The molecule has 0 aliphatic carbocycles. The predicted molar refractivity (Wildman–Crippen MR) is 240 cm³/mol. The molecule has 5 aromatic heterocycles. The van der Waals surface area contributed by atoms with Gasteiger partial charge in [0.15, 0.2) is 11.6 Å². The maximum atomic E-state index is 6.36. The molecule has 0 atom stereocenters. The van der Waals surface area contributed by atoms with Crippen LogP contribution in [-0.2, 0) is 0 Å². The standard InChI is InChI=1S/C51H29N5OS/c1-2-12-32(13-3-1)55-41-18-8-4-14-33(41)39-29-44-40(28-43(39)55)34-15-5-9-19-42(34)56(44)51-53-49(30-22-24-36-35-16-6-10-20-45(35)57-46(36)26-30)52-50(54-51)31-23-25-38-37-17-7-11-21-47(37)58-48(38)27-31/h1-29H. The second-order valence-electron chi connectivity index (χ2n) is 14.8. The lowest BCUT2D eigenvalue weighted by Crippen LogP contribution is -2.06. The Morgan fingerprint density at radius 3 is 1.67 bits per heavy atom. The Morgan fingerprint density at radius 2 is 0.914 bits per heavy atom. The molecule has 8 aromatic carbocycles. The fourth-order valence-electron chi connectivity index (χ4n) is 8.95. The Hall–Kier alpha value is -7.61. The van der Waals surface area contributed by atoms with E-state index in [-0.39, 0.29) is 0 Å². The minimum absolute atomic E-state index is 0.554. The Kier molecular flexibility index (Phi) is 6.50. The van der Waals surface area contributed by atoms with E-state index >= 15 is 0 Å². The van der Waals surface area contributed by atoms with Crippen LogP contribution in [-0.4, -0.2) is 24.1 Å². The van der Waals surface area contributed by atoms with Crippen molar-refractivity contribution in [2.45, 2.75) is 0 Å². The van der Waals surface area contributed by atoms with Crippen LogP contribution in [0.4, 0.5) is 0 Å². The largest absolute Gasteiger partial charge is 0.456 e. The van der Waals surface area contributed by atoms with E-state index in [1.54, 1.807) is 11.3 Å². The summed E-state index contributed by atoms with van der Waals surface area (Å²) in [6.07, 6.45) is 0. The molecule has 13 rings (SSSR count). The first-order valence-corrected chi connectivity index (χ1v) is 20.2. The highest BCUT2D eigenvalue weighted by atomic mass is 32.1. The molecule has 0 radical (unpaired) electrons. The van der Waals surface area contributed by atoms with Crippen LogP contribution in [0.2, 0.25) is 0 Å². The first-order chi connectivity index (χ1) is 28.7. The zero-order valence-corrected chi connectivity index (χ0v) is 31.6. The summed E-state index contributed by atoms with van der Waals surface area (Å²) < 4.78 is 13.4. The molecule has 0 saturated carbocycles. The molecule has 0 unspecified atom stereocenters. The molecule has 0 amide bonds. The van der Waals surface area contributed by atoms with Gasteiger partial charge in [-0.1, -0.05) is 109 Å². The Balaban J connectivity index is 1.10. The molecule has 0 aliphatic heterocycles. The summed E-state index contributed by atoms with van der Waals surface area (Å²) in [5, 5.41) is 9.24. The van der Waals surface area contributed by atoms with Gasteiger partial charge in [0, 0.05) is 69.3 Å². The van der Waals surface area contributed by atoms with E-state index < -0.39 is 0 Å². The average molecular weight is 760 g/mol. The fourth-order valence-corrected chi connectivity index (χ4v) is 10.1.